The zero-order valence-corrected chi connectivity index (χ0v) is 12.0. The van der Waals surface area contributed by atoms with Crippen molar-refractivity contribution in [1.82, 2.24) is 5.32 Å². The molecular formula is C16H15ClN2O2. The predicted molar refractivity (Wildman–Crippen MR) is 83.3 cm³/mol. The van der Waals surface area contributed by atoms with Crippen molar-refractivity contribution in [3.8, 4) is 5.75 Å². The average Bonchev–Trinajstić information content (AvgIpc) is 3.27. The van der Waals surface area contributed by atoms with E-state index in [4.69, 9.17) is 11.6 Å². The molecule has 2 N–H and O–H groups in total. The van der Waals surface area contributed by atoms with Gasteiger partial charge in [0.25, 0.3) is 0 Å². The Labute approximate surface area is 128 Å². The lowest BCUT2D eigenvalue weighted by molar-refractivity contribution is 0.248. The van der Waals surface area contributed by atoms with E-state index < -0.39 is 0 Å². The highest BCUT2D eigenvalue weighted by atomic mass is 35.5. The summed E-state index contributed by atoms with van der Waals surface area (Å²) in [6.45, 7) is 0. The number of halogens is 1. The molecule has 21 heavy (non-hydrogen) atoms. The van der Waals surface area contributed by atoms with Crippen molar-refractivity contribution in [3.63, 3.8) is 0 Å². The Kier molecular flexibility index (Phi) is 3.71. The van der Waals surface area contributed by atoms with Crippen molar-refractivity contribution >= 4 is 29.0 Å². The Morgan fingerprint density at radius 2 is 1.90 bits per heavy atom. The van der Waals surface area contributed by atoms with Crippen LogP contribution < -0.4 is 10.2 Å². The molecule has 2 amide bonds. The molecule has 0 unspecified atom stereocenters. The fourth-order valence-electron chi connectivity index (χ4n) is 2.09. The van der Waals surface area contributed by atoms with Crippen LogP contribution in [0.5, 0.6) is 5.75 Å². The molecule has 0 bridgehead atoms. The van der Waals surface area contributed by atoms with Crippen LogP contribution in [0.1, 0.15) is 12.8 Å². The monoisotopic (exact) mass is 302 g/mol. The molecule has 0 saturated heterocycles. The summed E-state index contributed by atoms with van der Waals surface area (Å²) >= 11 is 6.19. The van der Waals surface area contributed by atoms with Crippen LogP contribution in [0, 0.1) is 0 Å². The van der Waals surface area contributed by atoms with Crippen LogP contribution in [0.3, 0.4) is 0 Å². The van der Waals surface area contributed by atoms with Crippen LogP contribution in [0.25, 0.3) is 0 Å². The van der Waals surface area contributed by atoms with Gasteiger partial charge in [-0.1, -0.05) is 29.8 Å². The Bertz CT molecular complexity index is 657. The van der Waals surface area contributed by atoms with Crippen LogP contribution in [0.15, 0.2) is 48.5 Å². The van der Waals surface area contributed by atoms with Gasteiger partial charge in [0.05, 0.1) is 16.4 Å². The zero-order valence-electron chi connectivity index (χ0n) is 11.3. The Morgan fingerprint density at radius 3 is 2.52 bits per heavy atom. The predicted octanol–water partition coefficient (Wildman–Crippen LogP) is 4.06. The summed E-state index contributed by atoms with van der Waals surface area (Å²) in [5, 5.41) is 12.8. The van der Waals surface area contributed by atoms with Crippen molar-refractivity contribution in [3.05, 3.63) is 53.6 Å². The molecule has 0 heterocycles. The summed E-state index contributed by atoms with van der Waals surface area (Å²) in [5.74, 6) is 0.0689. The van der Waals surface area contributed by atoms with Gasteiger partial charge >= 0.3 is 6.03 Å². The second kappa shape index (κ2) is 5.66. The van der Waals surface area contributed by atoms with E-state index in [9.17, 15) is 9.90 Å². The van der Waals surface area contributed by atoms with Gasteiger partial charge in [-0.05, 0) is 37.1 Å². The number of carbonyl (C=O) groups is 1. The average molecular weight is 303 g/mol. The van der Waals surface area contributed by atoms with Crippen molar-refractivity contribution in [1.29, 1.82) is 0 Å². The van der Waals surface area contributed by atoms with E-state index in [0.717, 1.165) is 18.5 Å². The fraction of sp³-hybridized carbons (Fsp3) is 0.188. The largest absolute Gasteiger partial charge is 0.508 e. The maximum atomic E-state index is 12.5. The number of nitrogens with zero attached hydrogens (tertiary/aromatic N) is 1. The summed E-state index contributed by atoms with van der Waals surface area (Å²) < 4.78 is 0. The first-order chi connectivity index (χ1) is 10.1. The number of benzene rings is 2. The number of carbonyl (C=O) groups excluding carboxylic acids is 1. The molecule has 5 heteroatoms. The van der Waals surface area contributed by atoms with E-state index >= 15 is 0 Å². The second-order valence-electron chi connectivity index (χ2n) is 5.03. The van der Waals surface area contributed by atoms with Gasteiger partial charge in [-0.2, -0.15) is 0 Å². The minimum Gasteiger partial charge on any atom is -0.508 e. The first kappa shape index (κ1) is 13.8. The molecule has 1 aliphatic rings. The Balaban J connectivity index is 2.00. The number of aromatic hydroxyl groups is 1. The summed E-state index contributed by atoms with van der Waals surface area (Å²) in [5.41, 5.74) is 1.27. The van der Waals surface area contributed by atoms with Gasteiger partial charge in [0.1, 0.15) is 5.75 Å². The van der Waals surface area contributed by atoms with Crippen molar-refractivity contribution in [2.24, 2.45) is 0 Å². The molecule has 1 aliphatic carbocycles. The minimum absolute atomic E-state index is 0.0689. The number of anilines is 2. The third-order valence-corrected chi connectivity index (χ3v) is 3.60. The van der Waals surface area contributed by atoms with Crippen molar-refractivity contribution in [2.75, 3.05) is 4.90 Å². The van der Waals surface area contributed by atoms with Crippen LogP contribution in [0.4, 0.5) is 16.2 Å². The topological polar surface area (TPSA) is 52.6 Å². The highest BCUT2D eigenvalue weighted by molar-refractivity contribution is 6.34. The van der Waals surface area contributed by atoms with Crippen LogP contribution in [0.2, 0.25) is 5.02 Å². The van der Waals surface area contributed by atoms with Gasteiger partial charge in [0.2, 0.25) is 0 Å². The second-order valence-corrected chi connectivity index (χ2v) is 5.44. The van der Waals surface area contributed by atoms with E-state index in [1.54, 1.807) is 6.07 Å². The molecule has 2 aromatic rings. The van der Waals surface area contributed by atoms with E-state index in [1.165, 1.54) is 17.0 Å². The molecule has 1 saturated carbocycles. The molecule has 1 fully saturated rings. The number of rotatable bonds is 3. The zero-order chi connectivity index (χ0) is 14.8. The molecular weight excluding hydrogens is 288 g/mol. The van der Waals surface area contributed by atoms with Crippen molar-refractivity contribution < 1.29 is 9.90 Å². The summed E-state index contributed by atoms with van der Waals surface area (Å²) in [6.07, 6.45) is 2.02. The molecule has 108 valence electrons. The maximum absolute atomic E-state index is 12.5. The van der Waals surface area contributed by atoms with E-state index in [-0.39, 0.29) is 17.8 Å². The van der Waals surface area contributed by atoms with Gasteiger partial charge in [0.15, 0.2) is 0 Å². The standard InChI is InChI=1S/C16H15ClN2O2/c17-14-10-13(20)8-9-15(14)19(12-4-2-1-3-5-12)16(21)18-11-6-7-11/h1-5,8-11,20H,6-7H2,(H,18,21). The lowest BCUT2D eigenvalue weighted by atomic mass is 10.2. The van der Waals surface area contributed by atoms with Gasteiger partial charge < -0.3 is 10.4 Å². The van der Waals surface area contributed by atoms with Crippen LogP contribution >= 0.6 is 11.6 Å². The smallest absolute Gasteiger partial charge is 0.326 e. The number of para-hydroxylation sites is 1. The molecule has 0 radical (unpaired) electrons. The number of phenols is 1. The normalized spacial score (nSPS) is 13.8. The molecule has 3 rings (SSSR count). The maximum Gasteiger partial charge on any atom is 0.326 e. The summed E-state index contributed by atoms with van der Waals surface area (Å²) in [6, 6.07) is 13.9. The van der Waals surface area contributed by atoms with E-state index in [2.05, 4.69) is 5.32 Å². The van der Waals surface area contributed by atoms with Crippen LogP contribution in [-0.4, -0.2) is 17.2 Å². The Hall–Kier alpha value is -2.20. The quantitative estimate of drug-likeness (QED) is 0.898. The van der Waals surface area contributed by atoms with Crippen LogP contribution in [-0.2, 0) is 0 Å². The number of urea groups is 1. The molecule has 2 aromatic carbocycles. The Morgan fingerprint density at radius 1 is 1.19 bits per heavy atom. The van der Waals surface area contributed by atoms with E-state index in [1.807, 2.05) is 30.3 Å². The van der Waals surface area contributed by atoms with Gasteiger partial charge in [-0.25, -0.2) is 4.79 Å². The minimum atomic E-state index is -0.212. The molecule has 0 aliphatic heterocycles. The number of hydrogen-bond acceptors (Lipinski definition) is 2. The SMILES string of the molecule is O=C(NC1CC1)N(c1ccccc1)c1ccc(O)cc1Cl. The van der Waals surface area contributed by atoms with Gasteiger partial charge in [-0.3, -0.25) is 4.90 Å². The number of nitrogens with one attached hydrogen (secondary N) is 1. The number of amides is 2. The summed E-state index contributed by atoms with van der Waals surface area (Å²) in [4.78, 5) is 14.1. The molecule has 4 nitrogen and oxygen atoms in total. The van der Waals surface area contributed by atoms with Crippen molar-refractivity contribution in [2.45, 2.75) is 18.9 Å². The van der Waals surface area contributed by atoms with Gasteiger partial charge in [0, 0.05) is 12.1 Å². The lowest BCUT2D eigenvalue weighted by Crippen LogP contribution is -2.38. The number of phenolic OH excluding ortho intramolecular Hbond substituents is 1. The summed E-state index contributed by atoms with van der Waals surface area (Å²) in [7, 11) is 0. The van der Waals surface area contributed by atoms with E-state index in [0.29, 0.717) is 10.7 Å². The molecule has 0 atom stereocenters. The molecule has 0 spiro atoms. The lowest BCUT2D eigenvalue weighted by Gasteiger charge is -2.24. The fourth-order valence-corrected chi connectivity index (χ4v) is 2.35. The van der Waals surface area contributed by atoms with Gasteiger partial charge in [-0.15, -0.1) is 0 Å². The highest BCUT2D eigenvalue weighted by Crippen LogP contribution is 2.34. The first-order valence-electron chi connectivity index (χ1n) is 6.79. The number of hydrogen-bond donors (Lipinski definition) is 2. The third kappa shape index (κ3) is 3.11. The third-order valence-electron chi connectivity index (χ3n) is 3.29. The molecule has 0 aromatic heterocycles. The highest BCUT2D eigenvalue weighted by Gasteiger charge is 2.28. The first-order valence-corrected chi connectivity index (χ1v) is 7.17.